The minimum Gasteiger partial charge on any atom is -0.382 e. The maximum atomic E-state index is 12.1. The quantitative estimate of drug-likeness (QED) is 0.285. The summed E-state index contributed by atoms with van der Waals surface area (Å²) < 4.78 is 5.62. The van der Waals surface area contributed by atoms with E-state index < -0.39 is 0 Å². The lowest BCUT2D eigenvalue weighted by Crippen LogP contribution is -2.43. The van der Waals surface area contributed by atoms with Crippen molar-refractivity contribution in [2.24, 2.45) is 16.3 Å². The van der Waals surface area contributed by atoms with Crippen molar-refractivity contribution in [2.75, 3.05) is 32.1 Å². The molecule has 0 spiro atoms. The van der Waals surface area contributed by atoms with Crippen molar-refractivity contribution >= 4 is 17.6 Å². The molecule has 1 atom stereocenters. The molecule has 2 rings (SSSR count). The Labute approximate surface area is 182 Å². The molecule has 1 saturated carbocycles. The normalized spacial score (nSPS) is 16.9. The number of hydrogen-bond acceptors (Lipinski definition) is 3. The topological polar surface area (TPSA) is 74.8 Å². The van der Waals surface area contributed by atoms with E-state index in [0.717, 1.165) is 49.8 Å². The average molecular weight is 417 g/mol. The van der Waals surface area contributed by atoms with Crippen LogP contribution in [0.4, 0.5) is 5.69 Å². The van der Waals surface area contributed by atoms with Crippen LogP contribution in [0.1, 0.15) is 64.9 Å². The smallest absolute Gasteiger partial charge is 0.227 e. The molecule has 1 unspecified atom stereocenters. The van der Waals surface area contributed by atoms with Gasteiger partial charge in [-0.15, -0.1) is 0 Å². The Morgan fingerprint density at radius 3 is 2.67 bits per heavy atom. The minimum absolute atomic E-state index is 0.0143. The van der Waals surface area contributed by atoms with Crippen molar-refractivity contribution < 1.29 is 9.53 Å². The van der Waals surface area contributed by atoms with Crippen LogP contribution in [0.3, 0.4) is 0 Å². The van der Waals surface area contributed by atoms with Crippen molar-refractivity contribution in [3.63, 3.8) is 0 Å². The maximum absolute atomic E-state index is 12.1. The molecule has 0 heterocycles. The Hall–Kier alpha value is -2.08. The second kappa shape index (κ2) is 12.6. The Morgan fingerprint density at radius 2 is 2.00 bits per heavy atom. The van der Waals surface area contributed by atoms with Crippen LogP contribution >= 0.6 is 0 Å². The summed E-state index contributed by atoms with van der Waals surface area (Å²) in [4.78, 5) is 16.5. The van der Waals surface area contributed by atoms with E-state index in [9.17, 15) is 4.79 Å². The number of carbonyl (C=O) groups is 1. The highest BCUT2D eigenvalue weighted by atomic mass is 16.5. The van der Waals surface area contributed by atoms with Gasteiger partial charge in [0.05, 0.1) is 0 Å². The van der Waals surface area contributed by atoms with Crippen LogP contribution in [0.2, 0.25) is 0 Å². The monoisotopic (exact) mass is 416 g/mol. The maximum Gasteiger partial charge on any atom is 0.227 e. The predicted molar refractivity (Wildman–Crippen MR) is 125 cm³/mol. The Bertz CT molecular complexity index is 684. The van der Waals surface area contributed by atoms with Crippen molar-refractivity contribution in [2.45, 2.75) is 65.8 Å². The first kappa shape index (κ1) is 24.2. The van der Waals surface area contributed by atoms with Gasteiger partial charge < -0.3 is 20.7 Å². The van der Waals surface area contributed by atoms with Crippen LogP contribution in [-0.2, 0) is 16.1 Å². The average Bonchev–Trinajstić information content (AvgIpc) is 3.22. The molecule has 1 aliphatic carbocycles. The fraction of sp³-hybridized carbons (Fsp3) is 0.667. The summed E-state index contributed by atoms with van der Waals surface area (Å²) in [5, 5.41) is 9.94. The van der Waals surface area contributed by atoms with E-state index in [4.69, 9.17) is 4.74 Å². The Morgan fingerprint density at radius 1 is 1.23 bits per heavy atom. The first-order valence-corrected chi connectivity index (χ1v) is 11.4. The van der Waals surface area contributed by atoms with Crippen molar-refractivity contribution in [1.82, 2.24) is 10.6 Å². The second-order valence-electron chi connectivity index (χ2n) is 8.43. The zero-order valence-corrected chi connectivity index (χ0v) is 19.2. The summed E-state index contributed by atoms with van der Waals surface area (Å²) in [5.74, 6) is 0.890. The van der Waals surface area contributed by atoms with Gasteiger partial charge in [-0.3, -0.25) is 9.79 Å². The molecule has 0 aromatic heterocycles. The van der Waals surface area contributed by atoms with E-state index in [-0.39, 0.29) is 11.8 Å². The highest BCUT2D eigenvalue weighted by molar-refractivity contribution is 5.92. The fourth-order valence-electron chi connectivity index (χ4n) is 3.96. The van der Waals surface area contributed by atoms with Gasteiger partial charge in [0.15, 0.2) is 5.96 Å². The summed E-state index contributed by atoms with van der Waals surface area (Å²) in [6.45, 7) is 9.21. The van der Waals surface area contributed by atoms with Crippen LogP contribution in [0.25, 0.3) is 0 Å². The molecular formula is C24H40N4O2. The van der Waals surface area contributed by atoms with Gasteiger partial charge in [0.1, 0.15) is 0 Å². The highest BCUT2D eigenvalue weighted by Crippen LogP contribution is 2.40. The lowest BCUT2D eigenvalue weighted by atomic mass is 9.83. The number of amides is 1. The molecule has 0 bridgehead atoms. The fourth-order valence-corrected chi connectivity index (χ4v) is 3.96. The van der Waals surface area contributed by atoms with Crippen LogP contribution in [0.5, 0.6) is 0 Å². The summed E-state index contributed by atoms with van der Waals surface area (Å²) in [6.07, 6.45) is 7.04. The highest BCUT2D eigenvalue weighted by Gasteiger charge is 2.33. The van der Waals surface area contributed by atoms with Gasteiger partial charge in [-0.2, -0.15) is 0 Å². The summed E-state index contributed by atoms with van der Waals surface area (Å²) >= 11 is 0. The van der Waals surface area contributed by atoms with Gasteiger partial charge in [0.25, 0.3) is 0 Å². The van der Waals surface area contributed by atoms with Crippen molar-refractivity contribution in [3.05, 3.63) is 29.8 Å². The molecule has 0 saturated heterocycles. The van der Waals surface area contributed by atoms with Crippen molar-refractivity contribution in [1.29, 1.82) is 0 Å². The molecule has 0 radical (unpaired) electrons. The molecule has 6 nitrogen and oxygen atoms in total. The standard InChI is InChI=1S/C24H40N4O2/c1-5-19(3)22(29)28-21-11-9-10-20(16-21)17-26-23(25-4)27-18-24(12-7-8-13-24)14-15-30-6-2/h9-11,16,19H,5-8,12-15,17-18H2,1-4H3,(H,28,29)(H2,25,26,27). The zero-order chi connectivity index (χ0) is 21.8. The van der Waals surface area contributed by atoms with Crippen LogP contribution in [0, 0.1) is 11.3 Å². The molecule has 3 N–H and O–H groups in total. The van der Waals surface area contributed by atoms with E-state index in [1.165, 1.54) is 25.7 Å². The summed E-state index contributed by atoms with van der Waals surface area (Å²) in [5.41, 5.74) is 2.25. The number of hydrogen-bond donors (Lipinski definition) is 3. The van der Waals surface area contributed by atoms with Gasteiger partial charge in [-0.25, -0.2) is 0 Å². The molecule has 168 valence electrons. The van der Waals surface area contributed by atoms with Gasteiger partial charge in [0, 0.05) is 45.0 Å². The van der Waals surface area contributed by atoms with Gasteiger partial charge in [-0.1, -0.05) is 38.8 Å². The van der Waals surface area contributed by atoms with E-state index >= 15 is 0 Å². The number of guanidine groups is 1. The third-order valence-corrected chi connectivity index (χ3v) is 6.21. The first-order valence-electron chi connectivity index (χ1n) is 11.4. The molecule has 1 amide bonds. The predicted octanol–water partition coefficient (Wildman–Crippen LogP) is 4.32. The number of rotatable bonds is 11. The number of carbonyl (C=O) groups excluding carboxylic acids is 1. The Balaban J connectivity index is 1.86. The summed E-state index contributed by atoms with van der Waals surface area (Å²) in [6, 6.07) is 7.97. The molecule has 1 aromatic rings. The zero-order valence-electron chi connectivity index (χ0n) is 19.2. The molecule has 30 heavy (non-hydrogen) atoms. The largest absolute Gasteiger partial charge is 0.382 e. The number of benzene rings is 1. The van der Waals surface area contributed by atoms with E-state index in [0.29, 0.717) is 12.0 Å². The van der Waals surface area contributed by atoms with Crippen molar-refractivity contribution in [3.8, 4) is 0 Å². The Kier molecular flexibility index (Phi) is 10.1. The van der Waals surface area contributed by atoms with E-state index in [1.54, 1.807) is 7.05 Å². The van der Waals surface area contributed by atoms with Crippen LogP contribution < -0.4 is 16.0 Å². The molecule has 6 heteroatoms. The lowest BCUT2D eigenvalue weighted by molar-refractivity contribution is -0.119. The van der Waals surface area contributed by atoms with Gasteiger partial charge >= 0.3 is 0 Å². The number of aliphatic imine (C=N–C) groups is 1. The molecule has 1 fully saturated rings. The van der Waals surface area contributed by atoms with Crippen LogP contribution in [0.15, 0.2) is 29.3 Å². The molecule has 0 aliphatic heterocycles. The number of ether oxygens (including phenoxy) is 1. The summed E-state index contributed by atoms with van der Waals surface area (Å²) in [7, 11) is 1.81. The van der Waals surface area contributed by atoms with Gasteiger partial charge in [0.2, 0.25) is 5.91 Å². The third kappa shape index (κ3) is 7.63. The number of nitrogens with zero attached hydrogens (tertiary/aromatic N) is 1. The SMILES string of the molecule is CCOCCC1(CNC(=NC)NCc2cccc(NC(=O)C(C)CC)c2)CCCC1. The minimum atomic E-state index is 0.0143. The molecule has 1 aromatic carbocycles. The lowest BCUT2D eigenvalue weighted by Gasteiger charge is -2.30. The second-order valence-corrected chi connectivity index (χ2v) is 8.43. The number of nitrogens with one attached hydrogen (secondary N) is 3. The van der Waals surface area contributed by atoms with Crippen LogP contribution in [-0.4, -0.2) is 38.7 Å². The first-order chi connectivity index (χ1) is 14.5. The number of anilines is 1. The van der Waals surface area contributed by atoms with E-state index in [1.807, 2.05) is 32.0 Å². The third-order valence-electron chi connectivity index (χ3n) is 6.21. The van der Waals surface area contributed by atoms with Gasteiger partial charge in [-0.05, 0) is 55.7 Å². The van der Waals surface area contributed by atoms with E-state index in [2.05, 4.69) is 33.9 Å². The molecule has 1 aliphatic rings. The molecular weight excluding hydrogens is 376 g/mol.